The van der Waals surface area contributed by atoms with E-state index in [9.17, 15) is 4.79 Å². The quantitative estimate of drug-likeness (QED) is 0.561. The lowest BCUT2D eigenvalue weighted by Crippen LogP contribution is -2.42. The summed E-state index contributed by atoms with van der Waals surface area (Å²) < 4.78 is 0. The zero-order valence-electron chi connectivity index (χ0n) is 17.8. The molecule has 1 amide bonds. The van der Waals surface area contributed by atoms with Crippen molar-refractivity contribution in [3.05, 3.63) is 71.5 Å². The lowest BCUT2D eigenvalue weighted by Gasteiger charge is -2.33. The van der Waals surface area contributed by atoms with Gasteiger partial charge in [-0.3, -0.25) is 4.79 Å². The van der Waals surface area contributed by atoms with Crippen LogP contribution in [0.1, 0.15) is 36.7 Å². The Hall–Kier alpha value is -2.40. The SMILES string of the molecule is Cc1nc2ccccc2nc1CS[C@H](C)C(=O)N1CCC(Cc2ccccc2)CC1. The van der Waals surface area contributed by atoms with Gasteiger partial charge in [0.2, 0.25) is 5.91 Å². The van der Waals surface area contributed by atoms with E-state index >= 15 is 0 Å². The van der Waals surface area contributed by atoms with Crippen molar-refractivity contribution in [3.63, 3.8) is 0 Å². The summed E-state index contributed by atoms with van der Waals surface area (Å²) in [6.07, 6.45) is 3.30. The van der Waals surface area contributed by atoms with Crippen LogP contribution in [-0.4, -0.2) is 39.1 Å². The molecule has 1 atom stereocenters. The van der Waals surface area contributed by atoms with Crippen molar-refractivity contribution in [3.8, 4) is 0 Å². The van der Waals surface area contributed by atoms with Gasteiger partial charge in [-0.25, -0.2) is 9.97 Å². The molecule has 1 aliphatic rings. The van der Waals surface area contributed by atoms with Crippen LogP contribution < -0.4 is 0 Å². The number of piperidine rings is 1. The Morgan fingerprint density at radius 1 is 1.03 bits per heavy atom. The van der Waals surface area contributed by atoms with E-state index in [4.69, 9.17) is 4.98 Å². The lowest BCUT2D eigenvalue weighted by atomic mass is 9.90. The molecule has 30 heavy (non-hydrogen) atoms. The highest BCUT2D eigenvalue weighted by atomic mass is 32.2. The minimum absolute atomic E-state index is 0.0663. The fourth-order valence-electron chi connectivity index (χ4n) is 4.10. The predicted molar refractivity (Wildman–Crippen MR) is 124 cm³/mol. The molecule has 1 fully saturated rings. The standard InChI is InChI=1S/C25H29N3OS/c1-18-24(27-23-11-7-6-10-22(23)26-18)17-30-19(2)25(29)28-14-12-21(13-15-28)16-20-8-4-3-5-9-20/h3-11,19,21H,12-17H2,1-2H3/t19-/m1/s1. The molecule has 1 aliphatic heterocycles. The van der Waals surface area contributed by atoms with Crippen molar-refractivity contribution < 1.29 is 4.79 Å². The van der Waals surface area contributed by atoms with Crippen LogP contribution in [0.4, 0.5) is 0 Å². The predicted octanol–water partition coefficient (Wildman–Crippen LogP) is 5.04. The number of carbonyl (C=O) groups excluding carboxylic acids is 1. The number of nitrogens with zero attached hydrogens (tertiary/aromatic N) is 3. The molecule has 1 saturated heterocycles. The highest BCUT2D eigenvalue weighted by Crippen LogP contribution is 2.26. The molecular weight excluding hydrogens is 390 g/mol. The molecule has 0 N–H and O–H groups in total. The maximum absolute atomic E-state index is 13.0. The molecule has 5 heteroatoms. The summed E-state index contributed by atoms with van der Waals surface area (Å²) >= 11 is 1.66. The molecule has 156 valence electrons. The summed E-state index contributed by atoms with van der Waals surface area (Å²) in [7, 11) is 0. The van der Waals surface area contributed by atoms with Crippen LogP contribution in [-0.2, 0) is 17.0 Å². The summed E-state index contributed by atoms with van der Waals surface area (Å²) in [5.41, 5.74) is 5.16. The highest BCUT2D eigenvalue weighted by molar-refractivity contribution is 7.99. The molecule has 2 heterocycles. The second-order valence-corrected chi connectivity index (χ2v) is 9.49. The van der Waals surface area contributed by atoms with Crippen LogP contribution in [0.5, 0.6) is 0 Å². The number of benzene rings is 2. The second-order valence-electron chi connectivity index (χ2n) is 8.16. The van der Waals surface area contributed by atoms with Crippen LogP contribution in [0.2, 0.25) is 0 Å². The largest absolute Gasteiger partial charge is 0.342 e. The van der Waals surface area contributed by atoms with Gasteiger partial charge in [0.05, 0.1) is 27.7 Å². The maximum Gasteiger partial charge on any atom is 0.235 e. The number of hydrogen-bond acceptors (Lipinski definition) is 4. The Balaban J connectivity index is 1.29. The molecule has 3 aromatic rings. The van der Waals surface area contributed by atoms with Crippen molar-refractivity contribution in [2.24, 2.45) is 5.92 Å². The Labute approximate surface area is 183 Å². The monoisotopic (exact) mass is 419 g/mol. The first kappa shape index (κ1) is 20.9. The first-order valence-corrected chi connectivity index (χ1v) is 11.8. The number of likely N-dealkylation sites (tertiary alicyclic amines) is 1. The third-order valence-corrected chi connectivity index (χ3v) is 7.10. The Bertz CT molecular complexity index is 1000. The number of para-hydroxylation sites is 2. The molecule has 4 rings (SSSR count). The molecule has 0 spiro atoms. The van der Waals surface area contributed by atoms with E-state index in [1.165, 1.54) is 5.56 Å². The van der Waals surface area contributed by atoms with Gasteiger partial charge in [0.15, 0.2) is 0 Å². The van der Waals surface area contributed by atoms with Crippen LogP contribution >= 0.6 is 11.8 Å². The topological polar surface area (TPSA) is 46.1 Å². The van der Waals surface area contributed by atoms with Gasteiger partial charge in [-0.05, 0) is 56.7 Å². The molecule has 0 unspecified atom stereocenters. The molecule has 0 saturated carbocycles. The normalized spacial score (nSPS) is 16.0. The van der Waals surface area contributed by atoms with E-state index < -0.39 is 0 Å². The highest BCUT2D eigenvalue weighted by Gasteiger charge is 2.26. The van der Waals surface area contributed by atoms with Gasteiger partial charge in [0.1, 0.15) is 0 Å². The van der Waals surface area contributed by atoms with Crippen molar-refractivity contribution in [1.82, 2.24) is 14.9 Å². The van der Waals surface area contributed by atoms with E-state index in [0.717, 1.165) is 54.8 Å². The van der Waals surface area contributed by atoms with Gasteiger partial charge >= 0.3 is 0 Å². The van der Waals surface area contributed by atoms with Gasteiger partial charge in [-0.2, -0.15) is 0 Å². The number of hydrogen-bond donors (Lipinski definition) is 0. The van der Waals surface area contributed by atoms with Crippen molar-refractivity contribution in [2.45, 2.75) is 44.1 Å². The average molecular weight is 420 g/mol. The number of thioether (sulfide) groups is 1. The first-order chi connectivity index (χ1) is 14.6. The summed E-state index contributed by atoms with van der Waals surface area (Å²) in [5.74, 6) is 1.64. The number of aromatic nitrogens is 2. The summed E-state index contributed by atoms with van der Waals surface area (Å²) in [6, 6.07) is 18.6. The van der Waals surface area contributed by atoms with Gasteiger partial charge < -0.3 is 4.90 Å². The zero-order chi connectivity index (χ0) is 20.9. The molecular formula is C25H29N3OS. The second kappa shape index (κ2) is 9.61. The number of rotatable bonds is 6. The van der Waals surface area contributed by atoms with E-state index in [1.54, 1.807) is 11.8 Å². The Morgan fingerprint density at radius 3 is 2.37 bits per heavy atom. The van der Waals surface area contributed by atoms with Crippen LogP contribution in [0, 0.1) is 12.8 Å². The van der Waals surface area contributed by atoms with E-state index in [-0.39, 0.29) is 11.2 Å². The van der Waals surface area contributed by atoms with Gasteiger partial charge in [-0.15, -0.1) is 11.8 Å². The Kier molecular flexibility index (Phi) is 6.68. The minimum Gasteiger partial charge on any atom is -0.342 e. The molecule has 2 aromatic carbocycles. The van der Waals surface area contributed by atoms with Crippen LogP contribution in [0.25, 0.3) is 11.0 Å². The van der Waals surface area contributed by atoms with Gasteiger partial charge in [0.25, 0.3) is 0 Å². The molecule has 0 aliphatic carbocycles. The zero-order valence-corrected chi connectivity index (χ0v) is 18.6. The molecule has 1 aromatic heterocycles. The number of carbonyl (C=O) groups is 1. The van der Waals surface area contributed by atoms with Gasteiger partial charge in [0, 0.05) is 18.8 Å². The average Bonchev–Trinajstić information content (AvgIpc) is 2.78. The summed E-state index contributed by atoms with van der Waals surface area (Å²) in [6.45, 7) is 5.76. The van der Waals surface area contributed by atoms with E-state index in [2.05, 4.69) is 40.2 Å². The van der Waals surface area contributed by atoms with Crippen molar-refractivity contribution >= 4 is 28.7 Å². The Morgan fingerprint density at radius 2 is 1.67 bits per heavy atom. The van der Waals surface area contributed by atoms with Crippen LogP contribution in [0.3, 0.4) is 0 Å². The third kappa shape index (κ3) is 5.01. The summed E-state index contributed by atoms with van der Waals surface area (Å²) in [5, 5.41) is -0.0663. The van der Waals surface area contributed by atoms with Crippen molar-refractivity contribution in [1.29, 1.82) is 0 Å². The smallest absolute Gasteiger partial charge is 0.235 e. The molecule has 0 radical (unpaired) electrons. The van der Waals surface area contributed by atoms with Crippen LogP contribution in [0.15, 0.2) is 54.6 Å². The third-order valence-electron chi connectivity index (χ3n) is 5.95. The maximum atomic E-state index is 13.0. The summed E-state index contributed by atoms with van der Waals surface area (Å²) in [4.78, 5) is 24.4. The molecule has 4 nitrogen and oxygen atoms in total. The fourth-order valence-corrected chi connectivity index (χ4v) is 5.07. The number of aryl methyl sites for hydroxylation is 1. The minimum atomic E-state index is -0.0663. The van der Waals surface area contributed by atoms with Gasteiger partial charge in [-0.1, -0.05) is 42.5 Å². The van der Waals surface area contributed by atoms with Crippen molar-refractivity contribution in [2.75, 3.05) is 13.1 Å². The first-order valence-electron chi connectivity index (χ1n) is 10.8. The van der Waals surface area contributed by atoms with E-state index in [0.29, 0.717) is 11.7 Å². The number of fused-ring (bicyclic) bond motifs is 1. The number of amides is 1. The fraction of sp³-hybridized carbons (Fsp3) is 0.400. The lowest BCUT2D eigenvalue weighted by molar-refractivity contribution is -0.131. The van der Waals surface area contributed by atoms with E-state index in [1.807, 2.05) is 38.1 Å². The molecule has 0 bridgehead atoms.